The molecule has 0 saturated heterocycles. The van der Waals surface area contributed by atoms with E-state index in [2.05, 4.69) is 20.1 Å². The van der Waals surface area contributed by atoms with Crippen LogP contribution >= 0.6 is 0 Å². The second-order valence-electron chi connectivity index (χ2n) is 5.42. The second kappa shape index (κ2) is 11.5. The van der Waals surface area contributed by atoms with Crippen molar-refractivity contribution in [1.82, 2.24) is 0 Å². The molecule has 0 aromatic carbocycles. The predicted molar refractivity (Wildman–Crippen MR) is 81.8 cm³/mol. The SMILES string of the molecule is C=CCCC(O)(CC=C)CCCCCCCCC. The van der Waals surface area contributed by atoms with Gasteiger partial charge in [0.1, 0.15) is 0 Å². The van der Waals surface area contributed by atoms with Crippen LogP contribution in [0.15, 0.2) is 25.3 Å². The maximum absolute atomic E-state index is 10.5. The van der Waals surface area contributed by atoms with E-state index in [1.54, 1.807) is 0 Å². The Morgan fingerprint density at radius 3 is 2.06 bits per heavy atom. The van der Waals surface area contributed by atoms with E-state index in [-0.39, 0.29) is 0 Å². The van der Waals surface area contributed by atoms with Crippen molar-refractivity contribution in [3.05, 3.63) is 25.3 Å². The molecular weight excluding hydrogens is 220 g/mol. The van der Waals surface area contributed by atoms with Crippen LogP contribution in [-0.4, -0.2) is 10.7 Å². The van der Waals surface area contributed by atoms with E-state index >= 15 is 0 Å². The van der Waals surface area contributed by atoms with Gasteiger partial charge in [-0.2, -0.15) is 0 Å². The van der Waals surface area contributed by atoms with Gasteiger partial charge in [-0.1, -0.05) is 64.0 Å². The molecule has 18 heavy (non-hydrogen) atoms. The molecule has 0 fully saturated rings. The largest absolute Gasteiger partial charge is 0.390 e. The molecule has 0 heterocycles. The fraction of sp³-hybridized carbons (Fsp3) is 0.765. The topological polar surface area (TPSA) is 20.2 Å². The van der Waals surface area contributed by atoms with Crippen LogP contribution in [0.3, 0.4) is 0 Å². The first kappa shape index (κ1) is 17.4. The van der Waals surface area contributed by atoms with Gasteiger partial charge in [-0.25, -0.2) is 0 Å². The molecule has 0 aliphatic heterocycles. The molecule has 1 N–H and O–H groups in total. The highest BCUT2D eigenvalue weighted by Crippen LogP contribution is 2.25. The summed E-state index contributed by atoms with van der Waals surface area (Å²) in [5.41, 5.74) is -0.542. The monoisotopic (exact) mass is 252 g/mol. The van der Waals surface area contributed by atoms with Crippen molar-refractivity contribution in [3.63, 3.8) is 0 Å². The van der Waals surface area contributed by atoms with Crippen LogP contribution in [0.25, 0.3) is 0 Å². The zero-order chi connectivity index (χ0) is 13.7. The van der Waals surface area contributed by atoms with E-state index in [9.17, 15) is 5.11 Å². The van der Waals surface area contributed by atoms with E-state index in [0.29, 0.717) is 6.42 Å². The average molecular weight is 252 g/mol. The van der Waals surface area contributed by atoms with Crippen LogP contribution in [0.2, 0.25) is 0 Å². The molecule has 0 spiro atoms. The van der Waals surface area contributed by atoms with Gasteiger partial charge >= 0.3 is 0 Å². The van der Waals surface area contributed by atoms with Crippen LogP contribution in [0.4, 0.5) is 0 Å². The maximum Gasteiger partial charge on any atom is 0.0684 e. The first-order chi connectivity index (χ1) is 8.68. The lowest BCUT2D eigenvalue weighted by molar-refractivity contribution is 0.0241. The fourth-order valence-corrected chi connectivity index (χ4v) is 2.38. The van der Waals surface area contributed by atoms with Gasteiger partial charge in [0.25, 0.3) is 0 Å². The quantitative estimate of drug-likeness (QED) is 0.344. The van der Waals surface area contributed by atoms with Gasteiger partial charge in [0.05, 0.1) is 5.60 Å². The Hall–Kier alpha value is -0.560. The molecule has 106 valence electrons. The Bertz CT molecular complexity index is 210. The minimum absolute atomic E-state index is 0.542. The van der Waals surface area contributed by atoms with Crippen molar-refractivity contribution in [2.75, 3.05) is 0 Å². The van der Waals surface area contributed by atoms with Crippen LogP contribution in [0.1, 0.15) is 77.6 Å². The van der Waals surface area contributed by atoms with Gasteiger partial charge < -0.3 is 5.11 Å². The third-order valence-corrected chi connectivity index (χ3v) is 3.58. The Morgan fingerprint density at radius 1 is 0.889 bits per heavy atom. The molecule has 0 aromatic heterocycles. The van der Waals surface area contributed by atoms with Crippen molar-refractivity contribution in [3.8, 4) is 0 Å². The number of aliphatic hydroxyl groups is 1. The van der Waals surface area contributed by atoms with Crippen LogP contribution in [-0.2, 0) is 0 Å². The Kier molecular flexibility index (Phi) is 11.2. The van der Waals surface area contributed by atoms with Crippen molar-refractivity contribution in [1.29, 1.82) is 0 Å². The predicted octanol–water partition coefficient (Wildman–Crippen LogP) is 5.40. The number of allylic oxidation sites excluding steroid dienone is 1. The standard InChI is InChI=1S/C17H32O/c1-4-7-9-10-11-12-13-16-17(18,14-6-3)15-8-5-2/h5-6,18H,2-4,7-16H2,1H3. The van der Waals surface area contributed by atoms with Gasteiger partial charge in [0.2, 0.25) is 0 Å². The lowest BCUT2D eigenvalue weighted by Crippen LogP contribution is -2.27. The third-order valence-electron chi connectivity index (χ3n) is 3.58. The first-order valence-corrected chi connectivity index (χ1v) is 7.62. The first-order valence-electron chi connectivity index (χ1n) is 7.62. The Labute approximate surface area is 114 Å². The molecule has 0 radical (unpaired) electrons. The zero-order valence-corrected chi connectivity index (χ0v) is 12.3. The molecule has 0 amide bonds. The summed E-state index contributed by atoms with van der Waals surface area (Å²) in [5.74, 6) is 0. The number of unbranched alkanes of at least 4 members (excludes halogenated alkanes) is 6. The highest BCUT2D eigenvalue weighted by atomic mass is 16.3. The fourth-order valence-electron chi connectivity index (χ4n) is 2.38. The third kappa shape index (κ3) is 9.47. The summed E-state index contributed by atoms with van der Waals surface area (Å²) in [6.45, 7) is 9.72. The maximum atomic E-state index is 10.5. The normalized spacial score (nSPS) is 14.1. The zero-order valence-electron chi connectivity index (χ0n) is 12.3. The lowest BCUT2D eigenvalue weighted by Gasteiger charge is -2.26. The van der Waals surface area contributed by atoms with E-state index in [1.807, 2.05) is 12.2 Å². The Morgan fingerprint density at radius 2 is 1.50 bits per heavy atom. The number of hydrogen-bond acceptors (Lipinski definition) is 1. The minimum Gasteiger partial charge on any atom is -0.390 e. The summed E-state index contributed by atoms with van der Waals surface area (Å²) in [7, 11) is 0. The van der Waals surface area contributed by atoms with E-state index in [4.69, 9.17) is 0 Å². The molecule has 0 aliphatic rings. The van der Waals surface area contributed by atoms with Crippen LogP contribution < -0.4 is 0 Å². The average Bonchev–Trinajstić information content (AvgIpc) is 2.36. The molecule has 0 rings (SSSR count). The molecule has 0 bridgehead atoms. The van der Waals surface area contributed by atoms with Gasteiger partial charge in [-0.05, 0) is 25.7 Å². The molecule has 0 aromatic rings. The smallest absolute Gasteiger partial charge is 0.0684 e. The summed E-state index contributed by atoms with van der Waals surface area (Å²) in [5, 5.41) is 10.5. The van der Waals surface area contributed by atoms with Crippen LogP contribution in [0, 0.1) is 0 Å². The van der Waals surface area contributed by atoms with Gasteiger partial charge in [-0.15, -0.1) is 13.2 Å². The lowest BCUT2D eigenvalue weighted by atomic mass is 9.88. The minimum atomic E-state index is -0.542. The van der Waals surface area contributed by atoms with Crippen LogP contribution in [0.5, 0.6) is 0 Å². The molecular formula is C17H32O. The summed E-state index contributed by atoms with van der Waals surface area (Å²) in [6, 6.07) is 0. The Balaban J connectivity index is 3.68. The molecule has 1 unspecified atom stereocenters. The van der Waals surface area contributed by atoms with Crippen molar-refractivity contribution in [2.45, 2.75) is 83.2 Å². The van der Waals surface area contributed by atoms with Gasteiger partial charge in [0.15, 0.2) is 0 Å². The molecule has 1 nitrogen and oxygen atoms in total. The van der Waals surface area contributed by atoms with Crippen molar-refractivity contribution < 1.29 is 5.11 Å². The summed E-state index contributed by atoms with van der Waals surface area (Å²) in [6.07, 6.45) is 16.1. The summed E-state index contributed by atoms with van der Waals surface area (Å²) in [4.78, 5) is 0. The van der Waals surface area contributed by atoms with E-state index in [1.165, 1.54) is 38.5 Å². The van der Waals surface area contributed by atoms with Crippen molar-refractivity contribution >= 4 is 0 Å². The molecule has 1 atom stereocenters. The van der Waals surface area contributed by atoms with Gasteiger partial charge in [-0.3, -0.25) is 0 Å². The number of rotatable bonds is 13. The highest BCUT2D eigenvalue weighted by Gasteiger charge is 2.23. The highest BCUT2D eigenvalue weighted by molar-refractivity contribution is 4.88. The summed E-state index contributed by atoms with van der Waals surface area (Å²) >= 11 is 0. The van der Waals surface area contributed by atoms with E-state index < -0.39 is 5.60 Å². The molecule has 1 heteroatoms. The number of hydrogen-bond donors (Lipinski definition) is 1. The van der Waals surface area contributed by atoms with Gasteiger partial charge in [0, 0.05) is 0 Å². The summed E-state index contributed by atoms with van der Waals surface area (Å²) < 4.78 is 0. The van der Waals surface area contributed by atoms with E-state index in [0.717, 1.165) is 25.7 Å². The van der Waals surface area contributed by atoms with Crippen molar-refractivity contribution in [2.24, 2.45) is 0 Å². The second-order valence-corrected chi connectivity index (χ2v) is 5.42. The molecule has 0 saturated carbocycles. The molecule has 0 aliphatic carbocycles.